The first kappa shape index (κ1) is 16.5. The molecule has 1 aromatic rings. The minimum absolute atomic E-state index is 0.0683. The van der Waals surface area contributed by atoms with Gasteiger partial charge >= 0.3 is 0 Å². The Hall–Kier alpha value is -2.37. The molecule has 0 saturated heterocycles. The van der Waals surface area contributed by atoms with Crippen molar-refractivity contribution in [2.45, 2.75) is 33.1 Å². The Morgan fingerprint density at radius 2 is 2.25 bits per heavy atom. The Morgan fingerprint density at radius 1 is 1.46 bits per heavy atom. The zero-order valence-corrected chi connectivity index (χ0v) is 14.4. The van der Waals surface area contributed by atoms with Gasteiger partial charge in [-0.15, -0.1) is 0 Å². The van der Waals surface area contributed by atoms with E-state index >= 15 is 0 Å². The molecule has 0 radical (unpaired) electrons. The Bertz CT molecular complexity index is 690. The molecular formula is C18H25N5O. The van der Waals surface area contributed by atoms with E-state index in [0.29, 0.717) is 12.4 Å². The lowest BCUT2D eigenvalue weighted by molar-refractivity contribution is -0.128. The number of amides is 1. The molecule has 0 spiro atoms. The van der Waals surface area contributed by atoms with Crippen LogP contribution in [0.4, 0.5) is 5.69 Å². The summed E-state index contributed by atoms with van der Waals surface area (Å²) in [6, 6.07) is 1.95. The van der Waals surface area contributed by atoms with Crippen LogP contribution in [0, 0.1) is 12.8 Å². The van der Waals surface area contributed by atoms with Crippen LogP contribution in [-0.2, 0) is 4.79 Å². The highest BCUT2D eigenvalue weighted by atomic mass is 16.2. The largest absolute Gasteiger partial charge is 0.388 e. The van der Waals surface area contributed by atoms with E-state index in [1.54, 1.807) is 19.3 Å². The first-order chi connectivity index (χ1) is 11.5. The molecule has 1 aliphatic carbocycles. The minimum Gasteiger partial charge on any atom is -0.388 e. The van der Waals surface area contributed by atoms with Gasteiger partial charge in [-0.2, -0.15) is 0 Å². The standard InChI is InChI=1S/C18H25N5O/c1-12-7-15(10-20-8-12)22-18(19)16-11-23(13(2)24)6-5-17(16)21-9-14-3-4-14/h7-8,10,14,21H,3-6,9,11H2,1-2H3,(H2,19,22). The molecule has 1 amide bonds. The van der Waals surface area contributed by atoms with Crippen molar-refractivity contribution in [3.8, 4) is 0 Å². The fourth-order valence-corrected chi connectivity index (χ4v) is 2.86. The van der Waals surface area contributed by atoms with E-state index < -0.39 is 0 Å². The van der Waals surface area contributed by atoms with Crippen molar-refractivity contribution in [2.24, 2.45) is 16.6 Å². The van der Waals surface area contributed by atoms with Crippen molar-refractivity contribution in [2.75, 3.05) is 19.6 Å². The first-order valence-corrected chi connectivity index (χ1v) is 8.50. The smallest absolute Gasteiger partial charge is 0.219 e. The lowest BCUT2D eigenvalue weighted by Crippen LogP contribution is -2.41. The highest BCUT2D eigenvalue weighted by Gasteiger charge is 2.25. The van der Waals surface area contributed by atoms with Gasteiger partial charge in [-0.3, -0.25) is 9.78 Å². The van der Waals surface area contributed by atoms with Crippen LogP contribution in [0.5, 0.6) is 0 Å². The summed E-state index contributed by atoms with van der Waals surface area (Å²) < 4.78 is 0. The average molecular weight is 327 g/mol. The van der Waals surface area contributed by atoms with Gasteiger partial charge in [-0.1, -0.05) is 0 Å². The molecule has 2 aliphatic rings. The number of hydrogen-bond donors (Lipinski definition) is 2. The maximum Gasteiger partial charge on any atom is 0.219 e. The lowest BCUT2D eigenvalue weighted by Gasteiger charge is -2.30. The molecule has 3 N–H and O–H groups in total. The molecule has 0 unspecified atom stereocenters. The molecule has 1 aromatic heterocycles. The number of hydrogen-bond acceptors (Lipinski definition) is 4. The van der Waals surface area contributed by atoms with E-state index in [9.17, 15) is 4.79 Å². The Labute approximate surface area is 142 Å². The average Bonchev–Trinajstić information content (AvgIpc) is 3.37. The summed E-state index contributed by atoms with van der Waals surface area (Å²) in [6.45, 7) is 5.79. The summed E-state index contributed by atoms with van der Waals surface area (Å²) in [5.74, 6) is 1.31. The number of carbonyl (C=O) groups is 1. The van der Waals surface area contributed by atoms with Crippen LogP contribution in [0.1, 0.15) is 31.7 Å². The second kappa shape index (κ2) is 7.03. The third-order valence-electron chi connectivity index (χ3n) is 4.51. The first-order valence-electron chi connectivity index (χ1n) is 8.50. The van der Waals surface area contributed by atoms with E-state index in [2.05, 4.69) is 15.3 Å². The topological polar surface area (TPSA) is 83.6 Å². The summed E-state index contributed by atoms with van der Waals surface area (Å²) in [5.41, 5.74) is 10.1. The van der Waals surface area contributed by atoms with Gasteiger partial charge in [0.2, 0.25) is 5.91 Å². The van der Waals surface area contributed by atoms with Gasteiger partial charge in [0.25, 0.3) is 0 Å². The summed E-state index contributed by atoms with van der Waals surface area (Å²) in [6.07, 6.45) is 6.88. The third-order valence-corrected chi connectivity index (χ3v) is 4.51. The van der Waals surface area contributed by atoms with Crippen molar-refractivity contribution < 1.29 is 4.79 Å². The van der Waals surface area contributed by atoms with E-state index in [1.165, 1.54) is 12.8 Å². The van der Waals surface area contributed by atoms with Crippen molar-refractivity contribution in [3.05, 3.63) is 35.3 Å². The van der Waals surface area contributed by atoms with Gasteiger partial charge in [-0.25, -0.2) is 4.99 Å². The number of nitrogens with two attached hydrogens (primary N) is 1. The number of nitrogens with one attached hydrogen (secondary N) is 1. The normalized spacial score (nSPS) is 18.8. The number of aliphatic imine (C=N–C) groups is 1. The molecule has 24 heavy (non-hydrogen) atoms. The molecule has 1 fully saturated rings. The summed E-state index contributed by atoms with van der Waals surface area (Å²) in [7, 11) is 0. The molecule has 128 valence electrons. The van der Waals surface area contributed by atoms with Crippen molar-refractivity contribution in [1.29, 1.82) is 0 Å². The Balaban J connectivity index is 1.85. The van der Waals surface area contributed by atoms with E-state index in [0.717, 1.165) is 47.9 Å². The van der Waals surface area contributed by atoms with Gasteiger partial charge in [0.15, 0.2) is 0 Å². The molecule has 2 heterocycles. The van der Waals surface area contributed by atoms with Crippen molar-refractivity contribution >= 4 is 17.4 Å². The van der Waals surface area contributed by atoms with Crippen LogP contribution in [-0.4, -0.2) is 41.3 Å². The lowest BCUT2D eigenvalue weighted by atomic mass is 10.0. The number of pyridine rings is 1. The second-order valence-corrected chi connectivity index (χ2v) is 6.69. The van der Waals surface area contributed by atoms with Crippen LogP contribution in [0.2, 0.25) is 0 Å². The number of aromatic nitrogens is 1. The van der Waals surface area contributed by atoms with E-state index in [4.69, 9.17) is 5.73 Å². The quantitative estimate of drug-likeness (QED) is 0.639. The molecule has 0 atom stereocenters. The molecule has 6 heteroatoms. The zero-order valence-electron chi connectivity index (χ0n) is 14.4. The predicted molar refractivity (Wildman–Crippen MR) is 94.9 cm³/mol. The number of aryl methyl sites for hydroxylation is 1. The summed E-state index contributed by atoms with van der Waals surface area (Å²) in [5, 5.41) is 3.54. The maximum atomic E-state index is 11.7. The molecule has 0 bridgehead atoms. The molecule has 1 aliphatic heterocycles. The molecule has 1 saturated carbocycles. The second-order valence-electron chi connectivity index (χ2n) is 6.69. The molecule has 3 rings (SSSR count). The van der Waals surface area contributed by atoms with Gasteiger partial charge in [-0.05, 0) is 37.3 Å². The molecular weight excluding hydrogens is 302 g/mol. The number of carbonyl (C=O) groups excluding carboxylic acids is 1. The SMILES string of the molecule is CC(=O)N1CCC(NCC2CC2)=C(C(N)=Nc2cncc(C)c2)C1. The van der Waals surface area contributed by atoms with Crippen LogP contribution in [0.25, 0.3) is 0 Å². The van der Waals surface area contributed by atoms with Gasteiger partial charge in [0.05, 0.1) is 18.4 Å². The number of rotatable bonds is 5. The fourth-order valence-electron chi connectivity index (χ4n) is 2.86. The fraction of sp³-hybridized carbons (Fsp3) is 0.500. The van der Waals surface area contributed by atoms with Gasteiger partial charge < -0.3 is 16.0 Å². The van der Waals surface area contributed by atoms with Crippen molar-refractivity contribution in [1.82, 2.24) is 15.2 Å². The van der Waals surface area contributed by atoms with Crippen LogP contribution < -0.4 is 11.1 Å². The molecule has 6 nitrogen and oxygen atoms in total. The van der Waals surface area contributed by atoms with Crippen LogP contribution >= 0.6 is 0 Å². The summed E-state index contributed by atoms with van der Waals surface area (Å²) in [4.78, 5) is 22.2. The minimum atomic E-state index is 0.0683. The monoisotopic (exact) mass is 327 g/mol. The predicted octanol–water partition coefficient (Wildman–Crippen LogP) is 1.88. The van der Waals surface area contributed by atoms with Crippen LogP contribution in [0.15, 0.2) is 34.7 Å². The third kappa shape index (κ3) is 4.13. The van der Waals surface area contributed by atoms with Crippen molar-refractivity contribution in [3.63, 3.8) is 0 Å². The van der Waals surface area contributed by atoms with Gasteiger partial charge in [0, 0.05) is 43.9 Å². The zero-order chi connectivity index (χ0) is 17.1. The van der Waals surface area contributed by atoms with Crippen LogP contribution in [0.3, 0.4) is 0 Å². The highest BCUT2D eigenvalue weighted by Crippen LogP contribution is 2.28. The van der Waals surface area contributed by atoms with E-state index in [1.807, 2.05) is 17.9 Å². The Morgan fingerprint density at radius 3 is 2.92 bits per heavy atom. The summed E-state index contributed by atoms with van der Waals surface area (Å²) >= 11 is 0. The number of amidine groups is 1. The van der Waals surface area contributed by atoms with E-state index in [-0.39, 0.29) is 5.91 Å². The Kier molecular flexibility index (Phi) is 4.83. The number of nitrogens with zero attached hydrogens (tertiary/aromatic N) is 3. The molecule has 0 aromatic carbocycles. The van der Waals surface area contributed by atoms with Gasteiger partial charge in [0.1, 0.15) is 5.84 Å². The highest BCUT2D eigenvalue weighted by molar-refractivity contribution is 6.00. The maximum absolute atomic E-state index is 11.7.